The Morgan fingerprint density at radius 2 is 2.00 bits per heavy atom. The van der Waals surface area contributed by atoms with Gasteiger partial charge in [0.2, 0.25) is 5.91 Å². The van der Waals surface area contributed by atoms with Crippen LogP contribution in [0.25, 0.3) is 42.9 Å². The zero-order valence-electron chi connectivity index (χ0n) is 19.2. The van der Waals surface area contributed by atoms with E-state index in [-0.39, 0.29) is 5.91 Å². The second-order valence-corrected chi connectivity index (χ2v) is 9.47. The van der Waals surface area contributed by atoms with E-state index < -0.39 is 0 Å². The van der Waals surface area contributed by atoms with Gasteiger partial charge in [-0.15, -0.1) is 11.3 Å². The number of carbonyl (C=O) groups is 1. The van der Waals surface area contributed by atoms with Crippen molar-refractivity contribution in [1.82, 2.24) is 20.2 Å². The number of ether oxygens (including phenoxy) is 1. The molecule has 1 fully saturated rings. The molecule has 0 aliphatic carbocycles. The summed E-state index contributed by atoms with van der Waals surface area (Å²) in [6.45, 7) is 4.77. The average molecular weight is 485 g/mol. The minimum absolute atomic E-state index is 0.00275. The Balaban J connectivity index is 1.49. The number of aromatic nitrogens is 4. The highest BCUT2D eigenvalue weighted by Gasteiger charge is 2.21. The van der Waals surface area contributed by atoms with Crippen LogP contribution in [0.3, 0.4) is 0 Å². The molecule has 5 aromatic rings. The summed E-state index contributed by atoms with van der Waals surface area (Å²) >= 11 is 1.67. The predicted molar refractivity (Wildman–Crippen MR) is 140 cm³/mol. The van der Waals surface area contributed by atoms with Crippen LogP contribution < -0.4 is 10.2 Å². The first kappa shape index (κ1) is 21.7. The van der Waals surface area contributed by atoms with Gasteiger partial charge >= 0.3 is 0 Å². The molecule has 1 saturated heterocycles. The first-order chi connectivity index (χ1) is 17.2. The van der Waals surface area contributed by atoms with Crippen LogP contribution in [0.2, 0.25) is 0 Å². The molecule has 4 heterocycles. The number of amides is 1. The van der Waals surface area contributed by atoms with Gasteiger partial charge in [0.15, 0.2) is 11.6 Å². The van der Waals surface area contributed by atoms with Gasteiger partial charge in [-0.1, -0.05) is 31.2 Å². The van der Waals surface area contributed by atoms with Crippen molar-refractivity contribution in [2.24, 2.45) is 0 Å². The van der Waals surface area contributed by atoms with Gasteiger partial charge in [0, 0.05) is 41.0 Å². The Hall–Kier alpha value is -3.82. The van der Waals surface area contributed by atoms with Gasteiger partial charge in [-0.05, 0) is 29.8 Å². The lowest BCUT2D eigenvalue weighted by molar-refractivity contribution is -0.115. The number of hydrogen-bond donors (Lipinski definition) is 2. The number of aromatic amines is 1. The number of thiophene rings is 1. The fraction of sp³-hybridized carbons (Fsp3) is 0.231. The third kappa shape index (κ3) is 4.13. The van der Waals surface area contributed by atoms with E-state index in [1.165, 1.54) is 0 Å². The molecule has 35 heavy (non-hydrogen) atoms. The molecule has 0 atom stereocenters. The lowest BCUT2D eigenvalue weighted by atomic mass is 10.1. The van der Waals surface area contributed by atoms with Crippen molar-refractivity contribution in [3.8, 4) is 21.8 Å². The fourth-order valence-corrected chi connectivity index (χ4v) is 5.44. The number of H-pyrrole nitrogens is 1. The standard InChI is InChI=1S/C26H24N6O2S/c1-2-23(33)28-17-6-3-5-16(13-17)22-14-21-24(35-22)26(32-9-11-34-12-10-32)30-25(29-21)18-7-4-8-20-19(18)15-27-31-20/h3-8,13-15H,2,9-12H2,1H3,(H,27,31)(H,28,33). The number of fused-ring (bicyclic) bond motifs is 2. The van der Waals surface area contributed by atoms with Gasteiger partial charge in [-0.25, -0.2) is 9.97 Å². The molecule has 3 aromatic heterocycles. The van der Waals surface area contributed by atoms with Crippen molar-refractivity contribution >= 4 is 49.9 Å². The maximum absolute atomic E-state index is 11.9. The molecule has 1 aliphatic heterocycles. The summed E-state index contributed by atoms with van der Waals surface area (Å²) in [5, 5.41) is 11.2. The van der Waals surface area contributed by atoms with Crippen LogP contribution in [0, 0.1) is 0 Å². The lowest BCUT2D eigenvalue weighted by Gasteiger charge is -2.28. The molecule has 1 amide bonds. The minimum Gasteiger partial charge on any atom is -0.378 e. The van der Waals surface area contributed by atoms with E-state index in [9.17, 15) is 4.79 Å². The number of nitrogens with zero attached hydrogens (tertiary/aromatic N) is 4. The van der Waals surface area contributed by atoms with E-state index in [2.05, 4.69) is 32.5 Å². The number of benzene rings is 2. The summed E-state index contributed by atoms with van der Waals surface area (Å²) in [7, 11) is 0. The molecule has 1 aliphatic rings. The molecule has 2 aromatic carbocycles. The first-order valence-corrected chi connectivity index (χ1v) is 12.5. The van der Waals surface area contributed by atoms with Crippen molar-refractivity contribution in [2.75, 3.05) is 36.5 Å². The third-order valence-corrected chi connectivity index (χ3v) is 7.31. The van der Waals surface area contributed by atoms with Crippen LogP contribution in [0.15, 0.2) is 54.7 Å². The Morgan fingerprint density at radius 3 is 2.86 bits per heavy atom. The average Bonchev–Trinajstić information content (AvgIpc) is 3.56. The largest absolute Gasteiger partial charge is 0.378 e. The Morgan fingerprint density at radius 1 is 1.14 bits per heavy atom. The Labute approximate surface area is 206 Å². The summed E-state index contributed by atoms with van der Waals surface area (Å²) in [6.07, 6.45) is 2.26. The maximum Gasteiger partial charge on any atom is 0.224 e. The number of hydrogen-bond acceptors (Lipinski definition) is 7. The number of morpholine rings is 1. The van der Waals surface area contributed by atoms with Crippen LogP contribution in [-0.2, 0) is 9.53 Å². The molecule has 0 bridgehead atoms. The van der Waals surface area contributed by atoms with Crippen molar-refractivity contribution < 1.29 is 9.53 Å². The van der Waals surface area contributed by atoms with E-state index in [1.807, 2.05) is 49.5 Å². The summed E-state index contributed by atoms with van der Waals surface area (Å²) in [5.41, 5.74) is 4.63. The van der Waals surface area contributed by atoms with Gasteiger partial charge in [-0.3, -0.25) is 9.89 Å². The number of carbonyl (C=O) groups excluding carboxylic acids is 1. The van der Waals surface area contributed by atoms with Crippen molar-refractivity contribution in [3.63, 3.8) is 0 Å². The minimum atomic E-state index is -0.00275. The van der Waals surface area contributed by atoms with Crippen LogP contribution in [0.1, 0.15) is 13.3 Å². The van der Waals surface area contributed by atoms with Crippen LogP contribution >= 0.6 is 11.3 Å². The Bertz CT molecular complexity index is 1540. The molecule has 8 nitrogen and oxygen atoms in total. The number of nitrogens with one attached hydrogen (secondary N) is 2. The van der Waals surface area contributed by atoms with E-state index in [4.69, 9.17) is 14.7 Å². The van der Waals surface area contributed by atoms with Crippen molar-refractivity contribution in [3.05, 3.63) is 54.7 Å². The Kier molecular flexibility index (Phi) is 5.63. The zero-order valence-corrected chi connectivity index (χ0v) is 20.1. The molecule has 6 rings (SSSR count). The molecular formula is C26H24N6O2S. The molecule has 0 saturated carbocycles. The second-order valence-electron chi connectivity index (χ2n) is 8.41. The van der Waals surface area contributed by atoms with Crippen molar-refractivity contribution in [2.45, 2.75) is 13.3 Å². The number of anilines is 2. The van der Waals surface area contributed by atoms with Gasteiger partial charge in [0.1, 0.15) is 0 Å². The predicted octanol–water partition coefficient (Wildman–Crippen LogP) is 5.09. The lowest BCUT2D eigenvalue weighted by Crippen LogP contribution is -2.36. The molecule has 176 valence electrons. The molecule has 0 radical (unpaired) electrons. The van der Waals surface area contributed by atoms with Crippen LogP contribution in [-0.4, -0.2) is 52.4 Å². The van der Waals surface area contributed by atoms with Gasteiger partial charge < -0.3 is 15.0 Å². The molecule has 9 heteroatoms. The molecular weight excluding hydrogens is 460 g/mol. The SMILES string of the molecule is CCC(=O)Nc1cccc(-c2cc3nc(-c4cccc5[nH]ncc45)nc(N4CCOCC4)c3s2)c1. The summed E-state index contributed by atoms with van der Waals surface area (Å²) in [5.74, 6) is 1.61. The van der Waals surface area contributed by atoms with Gasteiger partial charge in [-0.2, -0.15) is 5.10 Å². The van der Waals surface area contributed by atoms with E-state index >= 15 is 0 Å². The van der Waals surface area contributed by atoms with E-state index in [1.54, 1.807) is 11.3 Å². The zero-order chi connectivity index (χ0) is 23.8. The topological polar surface area (TPSA) is 96.0 Å². The maximum atomic E-state index is 11.9. The third-order valence-electron chi connectivity index (χ3n) is 6.14. The first-order valence-electron chi connectivity index (χ1n) is 11.7. The summed E-state index contributed by atoms with van der Waals surface area (Å²) < 4.78 is 6.64. The fourth-order valence-electron chi connectivity index (χ4n) is 4.33. The monoisotopic (exact) mass is 484 g/mol. The molecule has 0 unspecified atom stereocenters. The quantitative estimate of drug-likeness (QED) is 0.361. The highest BCUT2D eigenvalue weighted by atomic mass is 32.1. The number of rotatable bonds is 5. The highest BCUT2D eigenvalue weighted by molar-refractivity contribution is 7.22. The van der Waals surface area contributed by atoms with E-state index in [0.717, 1.165) is 61.7 Å². The van der Waals surface area contributed by atoms with Crippen LogP contribution in [0.5, 0.6) is 0 Å². The van der Waals surface area contributed by atoms with E-state index in [0.29, 0.717) is 25.5 Å². The summed E-state index contributed by atoms with van der Waals surface area (Å²) in [4.78, 5) is 25.3. The molecule has 2 N–H and O–H groups in total. The van der Waals surface area contributed by atoms with Gasteiger partial charge in [0.25, 0.3) is 0 Å². The van der Waals surface area contributed by atoms with Gasteiger partial charge in [0.05, 0.1) is 35.1 Å². The normalized spacial score (nSPS) is 14.0. The van der Waals surface area contributed by atoms with Crippen molar-refractivity contribution in [1.29, 1.82) is 0 Å². The smallest absolute Gasteiger partial charge is 0.224 e. The highest BCUT2D eigenvalue weighted by Crippen LogP contribution is 2.40. The van der Waals surface area contributed by atoms with Crippen LogP contribution in [0.4, 0.5) is 11.5 Å². The summed E-state index contributed by atoms with van der Waals surface area (Å²) in [6, 6.07) is 16.1. The molecule has 0 spiro atoms. The second kappa shape index (κ2) is 9.09.